The van der Waals surface area contributed by atoms with Crippen LogP contribution in [0.4, 0.5) is 5.69 Å². The van der Waals surface area contributed by atoms with Gasteiger partial charge in [-0.3, -0.25) is 4.79 Å². The first-order valence-electron chi connectivity index (χ1n) is 5.22. The quantitative estimate of drug-likeness (QED) is 0.795. The summed E-state index contributed by atoms with van der Waals surface area (Å²) in [5.41, 5.74) is 0.505. The molecular weight excluding hydrogens is 309 g/mol. The van der Waals surface area contributed by atoms with Crippen molar-refractivity contribution in [1.82, 2.24) is 0 Å². The molecule has 0 aliphatic carbocycles. The van der Waals surface area contributed by atoms with Gasteiger partial charge in [-0.15, -0.1) is 0 Å². The molecule has 0 aliphatic rings. The summed E-state index contributed by atoms with van der Waals surface area (Å²) in [5, 5.41) is 13.1. The number of nitrogens with one attached hydrogen (secondary N) is 1. The standard InChI is InChI=1S/C13H8Cl3NO2/c14-8-3-1-2-7(4-8)13(19)17-11-6-9(15)5-10(16)12(11)18/h1-6,18H,(H,17,19). The van der Waals surface area contributed by atoms with Gasteiger partial charge in [0.2, 0.25) is 0 Å². The lowest BCUT2D eigenvalue weighted by molar-refractivity contribution is 0.102. The zero-order valence-electron chi connectivity index (χ0n) is 9.45. The second kappa shape index (κ2) is 5.70. The van der Waals surface area contributed by atoms with Crippen LogP contribution in [0.2, 0.25) is 15.1 Å². The molecule has 0 saturated carbocycles. The van der Waals surface area contributed by atoms with Crippen molar-refractivity contribution in [1.29, 1.82) is 0 Å². The van der Waals surface area contributed by atoms with Crippen LogP contribution >= 0.6 is 34.8 Å². The molecule has 0 radical (unpaired) electrons. The van der Waals surface area contributed by atoms with Gasteiger partial charge in [0.05, 0.1) is 10.7 Å². The van der Waals surface area contributed by atoms with Gasteiger partial charge >= 0.3 is 0 Å². The van der Waals surface area contributed by atoms with Crippen LogP contribution in [-0.4, -0.2) is 11.0 Å². The van der Waals surface area contributed by atoms with Crippen LogP contribution in [0.5, 0.6) is 5.75 Å². The molecule has 0 fully saturated rings. The van der Waals surface area contributed by atoms with Crippen LogP contribution in [0, 0.1) is 0 Å². The molecule has 6 heteroatoms. The van der Waals surface area contributed by atoms with E-state index in [0.29, 0.717) is 15.6 Å². The Bertz CT molecular complexity index is 644. The van der Waals surface area contributed by atoms with Gasteiger partial charge in [-0.2, -0.15) is 0 Å². The number of hydrogen-bond acceptors (Lipinski definition) is 2. The van der Waals surface area contributed by atoms with E-state index in [1.165, 1.54) is 18.2 Å². The number of anilines is 1. The Labute approximate surface area is 124 Å². The van der Waals surface area contributed by atoms with Crippen molar-refractivity contribution in [3.8, 4) is 5.75 Å². The first-order valence-corrected chi connectivity index (χ1v) is 6.35. The summed E-state index contributed by atoms with van der Waals surface area (Å²) in [5.74, 6) is -0.655. The summed E-state index contributed by atoms with van der Waals surface area (Å²) in [7, 11) is 0. The van der Waals surface area contributed by atoms with E-state index in [-0.39, 0.29) is 16.5 Å². The molecule has 2 aromatic carbocycles. The van der Waals surface area contributed by atoms with Crippen LogP contribution in [0.3, 0.4) is 0 Å². The summed E-state index contributed by atoms with van der Waals surface area (Å²) in [6.07, 6.45) is 0. The van der Waals surface area contributed by atoms with Crippen LogP contribution in [-0.2, 0) is 0 Å². The summed E-state index contributed by atoms with van der Waals surface area (Å²) in [4.78, 5) is 12.0. The molecule has 0 aromatic heterocycles. The van der Waals surface area contributed by atoms with Gasteiger partial charge in [0.1, 0.15) is 0 Å². The Morgan fingerprint density at radius 3 is 2.47 bits per heavy atom. The van der Waals surface area contributed by atoms with E-state index in [0.717, 1.165) is 0 Å². The van der Waals surface area contributed by atoms with E-state index in [2.05, 4.69) is 5.32 Å². The molecule has 0 spiro atoms. The molecule has 1 amide bonds. The predicted molar refractivity (Wildman–Crippen MR) is 77.5 cm³/mol. The van der Waals surface area contributed by atoms with Gasteiger partial charge < -0.3 is 10.4 Å². The van der Waals surface area contributed by atoms with Crippen LogP contribution in [0.15, 0.2) is 36.4 Å². The average molecular weight is 317 g/mol. The normalized spacial score (nSPS) is 10.3. The highest BCUT2D eigenvalue weighted by molar-refractivity contribution is 6.36. The Kier molecular flexibility index (Phi) is 4.20. The number of phenols is 1. The first kappa shape index (κ1) is 14.0. The highest BCUT2D eigenvalue weighted by Gasteiger charge is 2.12. The van der Waals surface area contributed by atoms with Gasteiger partial charge in [-0.05, 0) is 30.3 Å². The minimum atomic E-state index is -0.420. The van der Waals surface area contributed by atoms with Crippen molar-refractivity contribution in [2.75, 3.05) is 5.32 Å². The number of carbonyl (C=O) groups is 1. The van der Waals surface area contributed by atoms with E-state index >= 15 is 0 Å². The Hall–Kier alpha value is -1.42. The highest BCUT2D eigenvalue weighted by Crippen LogP contribution is 2.35. The third kappa shape index (κ3) is 3.32. The third-order valence-electron chi connectivity index (χ3n) is 2.36. The maximum Gasteiger partial charge on any atom is 0.255 e. The third-order valence-corrected chi connectivity index (χ3v) is 3.10. The lowest BCUT2D eigenvalue weighted by Crippen LogP contribution is -2.11. The topological polar surface area (TPSA) is 49.3 Å². The smallest absolute Gasteiger partial charge is 0.255 e. The number of halogens is 3. The van der Waals surface area contributed by atoms with E-state index < -0.39 is 5.91 Å². The maximum atomic E-state index is 12.0. The number of rotatable bonds is 2. The maximum absolute atomic E-state index is 12.0. The molecule has 0 heterocycles. The molecule has 3 nitrogen and oxygen atoms in total. The molecule has 2 aromatic rings. The van der Waals surface area contributed by atoms with Crippen molar-refractivity contribution in [2.45, 2.75) is 0 Å². The second-order valence-electron chi connectivity index (χ2n) is 3.75. The molecular formula is C13H8Cl3NO2. The Morgan fingerprint density at radius 2 is 1.79 bits per heavy atom. The van der Waals surface area contributed by atoms with Gasteiger partial charge in [0.25, 0.3) is 5.91 Å². The molecule has 98 valence electrons. The fraction of sp³-hybridized carbons (Fsp3) is 0. The monoisotopic (exact) mass is 315 g/mol. The number of phenolic OH excluding ortho intramolecular Hbond substituents is 1. The van der Waals surface area contributed by atoms with Crippen molar-refractivity contribution >= 4 is 46.4 Å². The lowest BCUT2D eigenvalue weighted by atomic mass is 10.2. The fourth-order valence-corrected chi connectivity index (χ4v) is 2.17. The van der Waals surface area contributed by atoms with Crippen LogP contribution < -0.4 is 5.32 Å². The zero-order chi connectivity index (χ0) is 14.0. The van der Waals surface area contributed by atoms with Gasteiger partial charge in [-0.25, -0.2) is 0 Å². The van der Waals surface area contributed by atoms with Gasteiger partial charge in [0.15, 0.2) is 5.75 Å². The van der Waals surface area contributed by atoms with Crippen molar-refractivity contribution in [3.63, 3.8) is 0 Å². The number of carbonyl (C=O) groups excluding carboxylic acids is 1. The zero-order valence-corrected chi connectivity index (χ0v) is 11.7. The van der Waals surface area contributed by atoms with Crippen molar-refractivity contribution in [3.05, 3.63) is 57.0 Å². The molecule has 2 N–H and O–H groups in total. The Morgan fingerprint density at radius 1 is 1.05 bits per heavy atom. The molecule has 2 rings (SSSR count). The number of aromatic hydroxyl groups is 1. The molecule has 0 unspecified atom stereocenters. The van der Waals surface area contributed by atoms with E-state index in [1.54, 1.807) is 18.2 Å². The van der Waals surface area contributed by atoms with Crippen LogP contribution in [0.1, 0.15) is 10.4 Å². The number of hydrogen-bond donors (Lipinski definition) is 2. The van der Waals surface area contributed by atoms with Crippen LogP contribution in [0.25, 0.3) is 0 Å². The van der Waals surface area contributed by atoms with E-state index in [4.69, 9.17) is 34.8 Å². The van der Waals surface area contributed by atoms with Gasteiger partial charge in [0, 0.05) is 15.6 Å². The second-order valence-corrected chi connectivity index (χ2v) is 5.03. The predicted octanol–water partition coefficient (Wildman–Crippen LogP) is 4.60. The molecule has 0 saturated heterocycles. The Balaban J connectivity index is 2.29. The number of amides is 1. The minimum absolute atomic E-state index is 0.0638. The fourth-order valence-electron chi connectivity index (χ4n) is 1.49. The van der Waals surface area contributed by atoms with Crippen molar-refractivity contribution in [2.24, 2.45) is 0 Å². The summed E-state index contributed by atoms with van der Waals surface area (Å²) >= 11 is 17.4. The van der Waals surface area contributed by atoms with Gasteiger partial charge in [-0.1, -0.05) is 40.9 Å². The van der Waals surface area contributed by atoms with Crippen molar-refractivity contribution < 1.29 is 9.90 Å². The molecule has 0 bridgehead atoms. The first-order chi connectivity index (χ1) is 8.97. The molecule has 0 aliphatic heterocycles. The number of benzene rings is 2. The van der Waals surface area contributed by atoms with E-state index in [1.807, 2.05) is 0 Å². The molecule has 19 heavy (non-hydrogen) atoms. The lowest BCUT2D eigenvalue weighted by Gasteiger charge is -2.09. The molecule has 0 atom stereocenters. The van der Waals surface area contributed by atoms with E-state index in [9.17, 15) is 9.90 Å². The SMILES string of the molecule is O=C(Nc1cc(Cl)cc(Cl)c1O)c1cccc(Cl)c1. The largest absolute Gasteiger partial charge is 0.504 e. The summed E-state index contributed by atoms with van der Waals surface area (Å²) in [6.45, 7) is 0. The average Bonchev–Trinajstić information content (AvgIpc) is 2.35. The minimum Gasteiger partial charge on any atom is -0.504 e. The summed E-state index contributed by atoms with van der Waals surface area (Å²) in [6, 6.07) is 9.22. The summed E-state index contributed by atoms with van der Waals surface area (Å²) < 4.78 is 0. The highest BCUT2D eigenvalue weighted by atomic mass is 35.5.